The van der Waals surface area contributed by atoms with Gasteiger partial charge in [0.05, 0.1) is 13.4 Å². The molecular formula is C13H23NO4. The second-order valence-electron chi connectivity index (χ2n) is 4.19. The molecule has 0 fully saturated rings. The van der Waals surface area contributed by atoms with Crippen LogP contribution in [0, 0.1) is 0 Å². The summed E-state index contributed by atoms with van der Waals surface area (Å²) in [7, 11) is 2.92. The number of unbranched alkanes of at least 4 members (excludes halogenated alkanes) is 3. The number of allylic oxidation sites excluding steroid dienone is 1. The van der Waals surface area contributed by atoms with Crippen LogP contribution >= 0.6 is 0 Å². The van der Waals surface area contributed by atoms with E-state index in [1.54, 1.807) is 20.0 Å². The minimum absolute atomic E-state index is 0.0504. The number of esters is 1. The van der Waals surface area contributed by atoms with Crippen LogP contribution in [0.3, 0.4) is 0 Å². The molecule has 0 spiro atoms. The lowest BCUT2D eigenvalue weighted by atomic mass is 10.1. The summed E-state index contributed by atoms with van der Waals surface area (Å²) in [6.45, 7) is 1.65. The van der Waals surface area contributed by atoms with Crippen molar-refractivity contribution in [2.45, 2.75) is 45.1 Å². The predicted molar refractivity (Wildman–Crippen MR) is 69.1 cm³/mol. The van der Waals surface area contributed by atoms with Gasteiger partial charge in [-0.2, -0.15) is 0 Å². The first-order valence-electron chi connectivity index (χ1n) is 6.17. The molecule has 1 atom stereocenters. The van der Waals surface area contributed by atoms with Gasteiger partial charge in [-0.15, -0.1) is 0 Å². The van der Waals surface area contributed by atoms with Gasteiger partial charge in [0, 0.05) is 13.5 Å². The Bertz CT molecular complexity index is 289. The SMILES string of the molecule is COC(=O)[C@H](C)N(C)C(=O)CCCCCC=CO. The number of rotatable bonds is 8. The predicted octanol–water partition coefficient (Wildman–Crippen LogP) is 2.03. The molecule has 5 nitrogen and oxygen atoms in total. The van der Waals surface area contributed by atoms with Crippen molar-refractivity contribution in [3.8, 4) is 0 Å². The standard InChI is InChI=1S/C13H23NO4/c1-11(13(17)18-3)14(2)12(16)9-7-5-4-6-8-10-15/h8,10-11,15H,4-7,9H2,1-3H3/t11-/m0/s1. The largest absolute Gasteiger partial charge is 0.516 e. The van der Waals surface area contributed by atoms with Crippen molar-refractivity contribution in [3.05, 3.63) is 12.3 Å². The molecule has 0 heterocycles. The van der Waals surface area contributed by atoms with Crippen molar-refractivity contribution in [2.24, 2.45) is 0 Å². The van der Waals surface area contributed by atoms with E-state index in [1.165, 1.54) is 12.0 Å². The third-order valence-corrected chi connectivity index (χ3v) is 2.88. The molecular weight excluding hydrogens is 234 g/mol. The fourth-order valence-corrected chi connectivity index (χ4v) is 1.51. The van der Waals surface area contributed by atoms with Gasteiger partial charge in [-0.1, -0.05) is 12.5 Å². The van der Waals surface area contributed by atoms with E-state index < -0.39 is 12.0 Å². The molecule has 5 heteroatoms. The normalized spacial score (nSPS) is 12.4. The molecule has 0 bridgehead atoms. The number of carbonyl (C=O) groups excluding carboxylic acids is 2. The highest BCUT2D eigenvalue weighted by atomic mass is 16.5. The first-order chi connectivity index (χ1) is 8.54. The van der Waals surface area contributed by atoms with Crippen LogP contribution in [0.1, 0.15) is 39.0 Å². The monoisotopic (exact) mass is 257 g/mol. The fourth-order valence-electron chi connectivity index (χ4n) is 1.51. The van der Waals surface area contributed by atoms with Gasteiger partial charge in [-0.05, 0) is 26.2 Å². The van der Waals surface area contributed by atoms with E-state index in [2.05, 4.69) is 4.74 Å². The number of aliphatic hydroxyl groups is 1. The van der Waals surface area contributed by atoms with Crippen molar-refractivity contribution in [1.82, 2.24) is 4.90 Å². The summed E-state index contributed by atoms with van der Waals surface area (Å²) in [5.41, 5.74) is 0. The molecule has 0 aliphatic heterocycles. The van der Waals surface area contributed by atoms with Gasteiger partial charge in [0.15, 0.2) is 0 Å². The maximum Gasteiger partial charge on any atom is 0.328 e. The van der Waals surface area contributed by atoms with Crippen molar-refractivity contribution in [2.75, 3.05) is 14.2 Å². The van der Waals surface area contributed by atoms with Crippen LogP contribution in [0.4, 0.5) is 0 Å². The molecule has 1 amide bonds. The zero-order chi connectivity index (χ0) is 14.0. The Labute approximate surface area is 108 Å². The zero-order valence-corrected chi connectivity index (χ0v) is 11.4. The van der Waals surface area contributed by atoms with E-state index in [1.807, 2.05) is 0 Å². The van der Waals surface area contributed by atoms with Crippen molar-refractivity contribution < 1.29 is 19.4 Å². The number of hydrogen-bond acceptors (Lipinski definition) is 4. The fraction of sp³-hybridized carbons (Fsp3) is 0.692. The third-order valence-electron chi connectivity index (χ3n) is 2.88. The topological polar surface area (TPSA) is 66.8 Å². The molecule has 0 saturated heterocycles. The van der Waals surface area contributed by atoms with Gasteiger partial charge in [-0.25, -0.2) is 4.79 Å². The lowest BCUT2D eigenvalue weighted by molar-refractivity contribution is -0.151. The van der Waals surface area contributed by atoms with Gasteiger partial charge >= 0.3 is 5.97 Å². The summed E-state index contributed by atoms with van der Waals surface area (Å²) in [4.78, 5) is 24.4. The lowest BCUT2D eigenvalue weighted by Gasteiger charge is -2.22. The molecule has 104 valence electrons. The second-order valence-corrected chi connectivity index (χ2v) is 4.19. The molecule has 0 radical (unpaired) electrons. The number of aliphatic hydroxyl groups excluding tert-OH is 1. The summed E-state index contributed by atoms with van der Waals surface area (Å²) in [6.07, 6.45) is 6.64. The van der Waals surface area contributed by atoms with Crippen LogP contribution < -0.4 is 0 Å². The van der Waals surface area contributed by atoms with Gasteiger partial charge in [-0.3, -0.25) is 4.79 Å². The van der Waals surface area contributed by atoms with Gasteiger partial charge < -0.3 is 14.7 Å². The molecule has 0 unspecified atom stereocenters. The Morgan fingerprint density at radius 2 is 2.00 bits per heavy atom. The maximum atomic E-state index is 11.8. The van der Waals surface area contributed by atoms with E-state index >= 15 is 0 Å². The highest BCUT2D eigenvalue weighted by Crippen LogP contribution is 2.07. The van der Waals surface area contributed by atoms with Crippen molar-refractivity contribution in [1.29, 1.82) is 0 Å². The first kappa shape index (κ1) is 16.5. The summed E-state index contributed by atoms with van der Waals surface area (Å²) >= 11 is 0. The molecule has 0 aromatic rings. The van der Waals surface area contributed by atoms with Crippen LogP contribution in [0.15, 0.2) is 12.3 Å². The van der Waals surface area contributed by atoms with Gasteiger partial charge in [0.2, 0.25) is 5.91 Å². The van der Waals surface area contributed by atoms with Crippen LogP contribution in [-0.2, 0) is 14.3 Å². The molecule has 0 rings (SSSR count). The molecule has 1 N–H and O–H groups in total. The Morgan fingerprint density at radius 3 is 2.56 bits per heavy atom. The van der Waals surface area contributed by atoms with E-state index in [0.717, 1.165) is 31.9 Å². The molecule has 0 saturated carbocycles. The Balaban J connectivity index is 3.84. The van der Waals surface area contributed by atoms with E-state index in [-0.39, 0.29) is 5.91 Å². The first-order valence-corrected chi connectivity index (χ1v) is 6.17. The Hall–Kier alpha value is -1.52. The minimum Gasteiger partial charge on any atom is -0.516 e. The van der Waals surface area contributed by atoms with E-state index in [0.29, 0.717) is 6.42 Å². The Kier molecular flexibility index (Phi) is 8.70. The van der Waals surface area contributed by atoms with Crippen molar-refractivity contribution in [3.63, 3.8) is 0 Å². The van der Waals surface area contributed by atoms with E-state index in [9.17, 15) is 9.59 Å². The highest BCUT2D eigenvalue weighted by Gasteiger charge is 2.22. The van der Waals surface area contributed by atoms with Gasteiger partial charge in [0.1, 0.15) is 6.04 Å². The number of hydrogen-bond donors (Lipinski definition) is 1. The number of carbonyl (C=O) groups is 2. The smallest absolute Gasteiger partial charge is 0.328 e. The van der Waals surface area contributed by atoms with Crippen LogP contribution in [0.5, 0.6) is 0 Å². The quantitative estimate of drug-likeness (QED) is 0.410. The summed E-state index contributed by atoms with van der Waals surface area (Å²) in [5.74, 6) is -0.454. The third kappa shape index (κ3) is 6.27. The number of nitrogens with zero attached hydrogens (tertiary/aromatic N) is 1. The number of amides is 1. The maximum absolute atomic E-state index is 11.8. The van der Waals surface area contributed by atoms with Gasteiger partial charge in [0.25, 0.3) is 0 Å². The number of ether oxygens (including phenoxy) is 1. The Morgan fingerprint density at radius 1 is 1.33 bits per heavy atom. The minimum atomic E-state index is -0.542. The average molecular weight is 257 g/mol. The highest BCUT2D eigenvalue weighted by molar-refractivity contribution is 5.83. The second kappa shape index (κ2) is 9.50. The van der Waals surface area contributed by atoms with Crippen LogP contribution in [-0.4, -0.2) is 42.1 Å². The van der Waals surface area contributed by atoms with Crippen LogP contribution in [0.2, 0.25) is 0 Å². The molecule has 0 aromatic heterocycles. The molecule has 0 aromatic carbocycles. The van der Waals surface area contributed by atoms with E-state index in [4.69, 9.17) is 5.11 Å². The zero-order valence-electron chi connectivity index (χ0n) is 11.4. The molecule has 0 aliphatic carbocycles. The number of likely N-dealkylation sites (N-methyl/N-ethyl adjacent to an activating group) is 1. The average Bonchev–Trinajstić information content (AvgIpc) is 2.39. The lowest BCUT2D eigenvalue weighted by Crippen LogP contribution is -2.40. The summed E-state index contributed by atoms with van der Waals surface area (Å²) in [6, 6.07) is -0.542. The van der Waals surface area contributed by atoms with Crippen molar-refractivity contribution >= 4 is 11.9 Å². The number of methoxy groups -OCH3 is 1. The molecule has 0 aliphatic rings. The molecule has 18 heavy (non-hydrogen) atoms. The van der Waals surface area contributed by atoms with Crippen LogP contribution in [0.25, 0.3) is 0 Å². The summed E-state index contributed by atoms with van der Waals surface area (Å²) in [5, 5.41) is 8.44. The summed E-state index contributed by atoms with van der Waals surface area (Å²) < 4.78 is 4.59.